The van der Waals surface area contributed by atoms with Crippen LogP contribution in [0.2, 0.25) is 5.02 Å². The van der Waals surface area contributed by atoms with Crippen molar-refractivity contribution in [2.75, 3.05) is 25.0 Å². The molecular weight excluding hydrogens is 238 g/mol. The number of para-hydroxylation sites is 1. The quantitative estimate of drug-likeness (QED) is 0.895. The number of hydrogen-bond donors (Lipinski definition) is 1. The first kappa shape index (κ1) is 12.2. The molecule has 2 N–H and O–H groups in total. The van der Waals surface area contributed by atoms with Crippen LogP contribution in [-0.4, -0.2) is 37.1 Å². The summed E-state index contributed by atoms with van der Waals surface area (Å²) in [4.78, 5) is 15.5. The number of nitrogens with two attached hydrogens (primary N) is 1. The third kappa shape index (κ3) is 2.23. The molecule has 1 unspecified atom stereocenters. The predicted octanol–water partition coefficient (Wildman–Crippen LogP) is 1.93. The largest absolute Gasteiger partial charge is 0.330 e. The molecule has 0 spiro atoms. The third-order valence-electron chi connectivity index (χ3n) is 3.12. The maximum Gasteiger partial charge on any atom is 0.324 e. The number of amides is 2. The lowest BCUT2D eigenvalue weighted by molar-refractivity contribution is 0.217. The number of rotatable bonds is 3. The van der Waals surface area contributed by atoms with E-state index in [-0.39, 0.29) is 12.1 Å². The van der Waals surface area contributed by atoms with E-state index >= 15 is 0 Å². The van der Waals surface area contributed by atoms with E-state index in [9.17, 15) is 4.79 Å². The zero-order chi connectivity index (χ0) is 12.4. The van der Waals surface area contributed by atoms with Gasteiger partial charge in [-0.3, -0.25) is 4.90 Å². The summed E-state index contributed by atoms with van der Waals surface area (Å²) in [5.74, 6) is 0. The monoisotopic (exact) mass is 253 g/mol. The van der Waals surface area contributed by atoms with Crippen LogP contribution >= 0.6 is 11.6 Å². The number of halogens is 1. The second-order valence-corrected chi connectivity index (χ2v) is 4.59. The van der Waals surface area contributed by atoms with Gasteiger partial charge >= 0.3 is 6.03 Å². The third-order valence-corrected chi connectivity index (χ3v) is 3.44. The summed E-state index contributed by atoms with van der Waals surface area (Å²) in [6.07, 6.45) is 0.809. The van der Waals surface area contributed by atoms with Gasteiger partial charge in [0, 0.05) is 13.6 Å². The minimum absolute atomic E-state index is 0.0171. The van der Waals surface area contributed by atoms with Gasteiger partial charge in [-0.15, -0.1) is 0 Å². The average molecular weight is 254 g/mol. The molecule has 2 amide bonds. The summed E-state index contributed by atoms with van der Waals surface area (Å²) in [5, 5.41) is 0.600. The van der Waals surface area contributed by atoms with Crippen LogP contribution in [0, 0.1) is 0 Å². The topological polar surface area (TPSA) is 49.6 Å². The highest BCUT2D eigenvalue weighted by atomic mass is 35.5. The molecule has 1 atom stereocenters. The van der Waals surface area contributed by atoms with Crippen molar-refractivity contribution in [2.24, 2.45) is 5.73 Å². The van der Waals surface area contributed by atoms with Crippen molar-refractivity contribution in [2.45, 2.75) is 12.5 Å². The van der Waals surface area contributed by atoms with Crippen LogP contribution in [-0.2, 0) is 0 Å². The lowest BCUT2D eigenvalue weighted by Gasteiger charge is -2.17. The number of likely N-dealkylation sites (N-methyl/N-ethyl adjacent to an activating group) is 1. The molecule has 0 aromatic heterocycles. The molecule has 1 fully saturated rings. The van der Waals surface area contributed by atoms with E-state index in [1.807, 2.05) is 18.2 Å². The lowest BCUT2D eigenvalue weighted by atomic mass is 10.2. The molecule has 1 aromatic carbocycles. The Balaban J connectivity index is 2.24. The van der Waals surface area contributed by atoms with Gasteiger partial charge in [0.1, 0.15) is 0 Å². The molecule has 1 aliphatic heterocycles. The molecule has 1 aliphatic rings. The lowest BCUT2D eigenvalue weighted by Crippen LogP contribution is -2.32. The zero-order valence-corrected chi connectivity index (χ0v) is 10.5. The van der Waals surface area contributed by atoms with Gasteiger partial charge in [0.15, 0.2) is 0 Å². The summed E-state index contributed by atoms with van der Waals surface area (Å²) in [5.41, 5.74) is 6.32. The molecule has 0 saturated carbocycles. The average Bonchev–Trinajstić information content (AvgIpc) is 2.59. The van der Waals surface area contributed by atoms with Gasteiger partial charge in [-0.05, 0) is 25.1 Å². The van der Waals surface area contributed by atoms with Gasteiger partial charge in [-0.2, -0.15) is 0 Å². The molecular formula is C12H16ClN3O. The van der Waals surface area contributed by atoms with Gasteiger partial charge in [-0.1, -0.05) is 23.7 Å². The number of carbonyl (C=O) groups is 1. The fraction of sp³-hybridized carbons (Fsp3) is 0.417. The molecule has 1 aromatic rings. The highest BCUT2D eigenvalue weighted by molar-refractivity contribution is 6.33. The van der Waals surface area contributed by atoms with Gasteiger partial charge in [0.25, 0.3) is 0 Å². The van der Waals surface area contributed by atoms with Crippen LogP contribution in [0.1, 0.15) is 6.42 Å². The van der Waals surface area contributed by atoms with E-state index < -0.39 is 0 Å². The van der Waals surface area contributed by atoms with E-state index in [4.69, 9.17) is 17.3 Å². The van der Waals surface area contributed by atoms with Crippen LogP contribution < -0.4 is 10.6 Å². The van der Waals surface area contributed by atoms with E-state index in [1.165, 1.54) is 0 Å². The summed E-state index contributed by atoms with van der Waals surface area (Å²) < 4.78 is 0. The molecule has 17 heavy (non-hydrogen) atoms. The fourth-order valence-corrected chi connectivity index (χ4v) is 2.34. The molecule has 4 nitrogen and oxygen atoms in total. The van der Waals surface area contributed by atoms with Gasteiger partial charge in [-0.25, -0.2) is 4.79 Å². The maximum absolute atomic E-state index is 12.1. The van der Waals surface area contributed by atoms with Crippen molar-refractivity contribution in [1.29, 1.82) is 0 Å². The first-order chi connectivity index (χ1) is 8.15. The first-order valence-corrected chi connectivity index (χ1v) is 6.02. The Bertz CT molecular complexity index is 424. The molecule has 5 heteroatoms. The van der Waals surface area contributed by atoms with Gasteiger partial charge < -0.3 is 10.6 Å². The Morgan fingerprint density at radius 3 is 2.82 bits per heavy atom. The van der Waals surface area contributed by atoms with Crippen LogP contribution in [0.15, 0.2) is 24.3 Å². The molecule has 0 aliphatic carbocycles. The van der Waals surface area contributed by atoms with Crippen molar-refractivity contribution in [1.82, 2.24) is 4.90 Å². The fourth-order valence-electron chi connectivity index (χ4n) is 2.11. The Morgan fingerprint density at radius 1 is 1.47 bits per heavy atom. The van der Waals surface area contributed by atoms with Gasteiger partial charge in [0.05, 0.1) is 16.8 Å². The number of benzene rings is 1. The predicted molar refractivity (Wildman–Crippen MR) is 69.4 cm³/mol. The zero-order valence-electron chi connectivity index (χ0n) is 9.77. The van der Waals surface area contributed by atoms with E-state index in [1.54, 1.807) is 22.9 Å². The van der Waals surface area contributed by atoms with Crippen LogP contribution in [0.3, 0.4) is 0 Å². The molecule has 1 heterocycles. The van der Waals surface area contributed by atoms with Crippen LogP contribution in [0.4, 0.5) is 10.5 Å². The van der Waals surface area contributed by atoms with Crippen molar-refractivity contribution in [3.8, 4) is 0 Å². The number of carbonyl (C=O) groups excluding carboxylic acids is 1. The Kier molecular flexibility index (Phi) is 3.54. The molecule has 92 valence electrons. The summed E-state index contributed by atoms with van der Waals surface area (Å²) in [6, 6.07) is 7.54. The SMILES string of the molecule is CN1C(=O)N(c2ccccc2Cl)CC1CCN. The molecule has 2 rings (SSSR count). The van der Waals surface area contributed by atoms with Crippen LogP contribution in [0.5, 0.6) is 0 Å². The summed E-state index contributed by atoms with van der Waals surface area (Å²) in [6.45, 7) is 1.23. The van der Waals surface area contributed by atoms with Crippen molar-refractivity contribution in [3.63, 3.8) is 0 Å². The second-order valence-electron chi connectivity index (χ2n) is 4.19. The van der Waals surface area contributed by atoms with E-state index in [0.717, 1.165) is 12.1 Å². The number of hydrogen-bond acceptors (Lipinski definition) is 2. The minimum atomic E-state index is -0.0171. The summed E-state index contributed by atoms with van der Waals surface area (Å²) >= 11 is 6.10. The first-order valence-electron chi connectivity index (χ1n) is 5.64. The van der Waals surface area contributed by atoms with E-state index in [0.29, 0.717) is 18.1 Å². The Morgan fingerprint density at radius 2 is 2.18 bits per heavy atom. The number of nitrogens with zero attached hydrogens (tertiary/aromatic N) is 2. The second kappa shape index (κ2) is 4.94. The van der Waals surface area contributed by atoms with Crippen molar-refractivity contribution in [3.05, 3.63) is 29.3 Å². The maximum atomic E-state index is 12.1. The normalized spacial score (nSPS) is 20.2. The number of urea groups is 1. The molecule has 1 saturated heterocycles. The van der Waals surface area contributed by atoms with Gasteiger partial charge in [0.2, 0.25) is 0 Å². The van der Waals surface area contributed by atoms with Crippen LogP contribution in [0.25, 0.3) is 0 Å². The highest BCUT2D eigenvalue weighted by Gasteiger charge is 2.35. The van der Waals surface area contributed by atoms with Crippen molar-refractivity contribution >= 4 is 23.3 Å². The Labute approximate surface area is 106 Å². The molecule has 0 bridgehead atoms. The highest BCUT2D eigenvalue weighted by Crippen LogP contribution is 2.30. The molecule has 0 radical (unpaired) electrons. The van der Waals surface area contributed by atoms with E-state index in [2.05, 4.69) is 0 Å². The smallest absolute Gasteiger partial charge is 0.324 e. The Hall–Kier alpha value is -1.26. The van der Waals surface area contributed by atoms with Crippen molar-refractivity contribution < 1.29 is 4.79 Å². The summed E-state index contributed by atoms with van der Waals surface area (Å²) in [7, 11) is 1.81. The standard InChI is InChI=1S/C12H16ClN3O/c1-15-9(6-7-14)8-16(12(15)17)11-5-3-2-4-10(11)13/h2-5,9H,6-8,14H2,1H3. The minimum Gasteiger partial charge on any atom is -0.330 e. The number of anilines is 1.